The van der Waals surface area contributed by atoms with Crippen molar-refractivity contribution in [3.63, 3.8) is 0 Å². The highest BCUT2D eigenvalue weighted by molar-refractivity contribution is 5.82. The predicted molar refractivity (Wildman–Crippen MR) is 172 cm³/mol. The summed E-state index contributed by atoms with van der Waals surface area (Å²) < 4.78 is 16.9. The Morgan fingerprint density at radius 3 is 1.70 bits per heavy atom. The van der Waals surface area contributed by atoms with E-state index in [0.29, 0.717) is 6.42 Å². The fraction of sp³-hybridized carbons (Fsp3) is 0.472. The van der Waals surface area contributed by atoms with Gasteiger partial charge >= 0.3 is 5.97 Å². The molecule has 1 saturated heterocycles. The van der Waals surface area contributed by atoms with Gasteiger partial charge in [0.1, 0.15) is 5.60 Å². The van der Waals surface area contributed by atoms with Crippen molar-refractivity contribution in [1.82, 2.24) is 4.90 Å². The van der Waals surface area contributed by atoms with Crippen LogP contribution in [0.15, 0.2) is 84.9 Å². The first-order valence-corrected chi connectivity index (χ1v) is 15.1. The van der Waals surface area contributed by atoms with Gasteiger partial charge in [0.2, 0.25) is 0 Å². The van der Waals surface area contributed by atoms with E-state index in [4.69, 9.17) is 14.2 Å². The molecule has 3 aromatic carbocycles. The summed E-state index contributed by atoms with van der Waals surface area (Å²) in [4.78, 5) is 14.7. The first-order chi connectivity index (χ1) is 20.7. The lowest BCUT2D eigenvalue weighted by atomic mass is 9.72. The van der Waals surface area contributed by atoms with Crippen LogP contribution in [0, 0.1) is 5.92 Å². The van der Waals surface area contributed by atoms with Crippen molar-refractivity contribution in [2.75, 3.05) is 48.0 Å². The van der Waals surface area contributed by atoms with Crippen LogP contribution in [0.25, 0.3) is 0 Å². The summed E-state index contributed by atoms with van der Waals surface area (Å²) in [5.74, 6) is -1.01. The summed E-state index contributed by atoms with van der Waals surface area (Å²) in [6.07, 6.45) is 3.41. The molecule has 3 N–H and O–H groups in total. The number of rotatable bonds is 12. The molecule has 1 fully saturated rings. The number of carbonyl (C=O) groups is 1. The zero-order valence-electron chi connectivity index (χ0n) is 26.7. The van der Waals surface area contributed by atoms with Crippen LogP contribution in [-0.2, 0) is 35.8 Å². The van der Waals surface area contributed by atoms with Crippen LogP contribution in [0.4, 0.5) is 0 Å². The van der Waals surface area contributed by atoms with Crippen molar-refractivity contribution in [1.29, 1.82) is 0 Å². The largest absolute Gasteiger partial charge is 0.468 e. The highest BCUT2D eigenvalue weighted by Gasteiger charge is 2.41. The summed E-state index contributed by atoms with van der Waals surface area (Å²) in [6.45, 7) is 6.49. The lowest BCUT2D eigenvalue weighted by Crippen LogP contribution is -2.44. The summed E-state index contributed by atoms with van der Waals surface area (Å²) in [5, 5.41) is 12.2. The molecule has 43 heavy (non-hydrogen) atoms. The molecule has 0 aliphatic carbocycles. The van der Waals surface area contributed by atoms with Crippen LogP contribution >= 0.6 is 0 Å². The van der Waals surface area contributed by atoms with Gasteiger partial charge in [0.25, 0.3) is 0 Å². The van der Waals surface area contributed by atoms with Crippen LogP contribution < -0.4 is 5.73 Å². The zero-order chi connectivity index (χ0) is 31.5. The van der Waals surface area contributed by atoms with E-state index in [1.165, 1.54) is 14.2 Å². The maximum atomic E-state index is 12.2. The second kappa shape index (κ2) is 15.6. The van der Waals surface area contributed by atoms with Crippen LogP contribution in [-0.4, -0.2) is 64.0 Å². The average molecular weight is 591 g/mol. The van der Waals surface area contributed by atoms with Crippen LogP contribution in [0.3, 0.4) is 0 Å². The van der Waals surface area contributed by atoms with Crippen molar-refractivity contribution in [3.05, 3.63) is 107 Å². The van der Waals surface area contributed by atoms with E-state index in [-0.39, 0.29) is 11.9 Å². The van der Waals surface area contributed by atoms with Crippen molar-refractivity contribution >= 4 is 5.97 Å². The van der Waals surface area contributed by atoms with E-state index in [1.807, 2.05) is 98.8 Å². The van der Waals surface area contributed by atoms with Gasteiger partial charge in [0, 0.05) is 26.2 Å². The van der Waals surface area contributed by atoms with Gasteiger partial charge in [0.05, 0.1) is 12.5 Å². The number of nitrogens with zero attached hydrogens (tertiary/aromatic N) is 1. The molecular formula is C36H50N2O5. The number of carbonyl (C=O) groups excluding carboxylic acids is 1. The molecule has 0 spiro atoms. The summed E-state index contributed by atoms with van der Waals surface area (Å²) in [5.41, 5.74) is 6.45. The molecule has 7 nitrogen and oxygen atoms in total. The number of likely N-dealkylation sites (tertiary alicyclic amines) is 1. The Labute approximate surface area is 258 Å². The van der Waals surface area contributed by atoms with E-state index in [1.54, 1.807) is 14.2 Å². The smallest absolute Gasteiger partial charge is 0.315 e. The molecule has 1 aliphatic heterocycles. The zero-order valence-corrected chi connectivity index (χ0v) is 26.7. The molecule has 0 atom stereocenters. The van der Waals surface area contributed by atoms with Crippen molar-refractivity contribution in [3.8, 4) is 0 Å². The van der Waals surface area contributed by atoms with Gasteiger partial charge in [-0.25, -0.2) is 0 Å². The Kier molecular flexibility index (Phi) is 12.5. The molecule has 0 bridgehead atoms. The minimum Gasteiger partial charge on any atom is -0.468 e. The fourth-order valence-corrected chi connectivity index (χ4v) is 6.31. The average Bonchev–Trinajstić information content (AvgIpc) is 3.08. The molecule has 1 aliphatic rings. The number of methoxy groups -OCH3 is 3. The van der Waals surface area contributed by atoms with Crippen LogP contribution in [0.5, 0.6) is 0 Å². The van der Waals surface area contributed by atoms with E-state index in [2.05, 4.69) is 10.6 Å². The Morgan fingerprint density at radius 2 is 1.26 bits per heavy atom. The molecular weight excluding hydrogens is 540 g/mol. The number of ether oxygens (including phenoxy) is 3. The lowest BCUT2D eigenvalue weighted by Gasteiger charge is -2.42. The second-order valence-electron chi connectivity index (χ2n) is 11.6. The molecule has 234 valence electrons. The molecule has 0 unspecified atom stereocenters. The number of benzene rings is 3. The van der Waals surface area contributed by atoms with Gasteiger partial charge < -0.3 is 30.0 Å². The number of hydrogen-bond acceptors (Lipinski definition) is 7. The lowest BCUT2D eigenvalue weighted by molar-refractivity contribution is -0.221. The SMILES string of the molecule is CN.COC(=O)C(C)(C)c1ccc(C(CCCN2CCC(C(O)(c3ccccc3)c3ccccc3)CC2)(OC)OC)cc1. The van der Waals surface area contributed by atoms with E-state index in [0.717, 1.165) is 61.2 Å². The van der Waals surface area contributed by atoms with Gasteiger partial charge in [-0.05, 0) is 82.4 Å². The van der Waals surface area contributed by atoms with Gasteiger partial charge in [-0.3, -0.25) is 4.79 Å². The third kappa shape index (κ3) is 7.54. The highest BCUT2D eigenvalue weighted by Crippen LogP contribution is 2.42. The standard InChI is InChI=1S/C35H45NO5.CH5N/c1-33(2,32(37)39-3)27-17-19-28(20-18-27)34(40-4,41-5)23-12-24-36-25-21-31(22-26-36)35(38,29-13-8-6-9-14-29)30-15-10-7-11-16-30;1-2/h6-11,13-20,31,38H,12,21-26H2,1-5H3;2H2,1H3. The Morgan fingerprint density at radius 1 is 0.791 bits per heavy atom. The van der Waals surface area contributed by atoms with Crippen LogP contribution in [0.2, 0.25) is 0 Å². The number of aliphatic hydroxyl groups is 1. The number of esters is 1. The third-order valence-corrected chi connectivity index (χ3v) is 8.99. The fourth-order valence-electron chi connectivity index (χ4n) is 6.31. The van der Waals surface area contributed by atoms with Gasteiger partial charge in [-0.1, -0.05) is 84.9 Å². The summed E-state index contributed by atoms with van der Waals surface area (Å²) in [7, 11) is 6.26. The first-order valence-electron chi connectivity index (χ1n) is 15.1. The van der Waals surface area contributed by atoms with Gasteiger partial charge in [-0.2, -0.15) is 0 Å². The molecule has 3 aromatic rings. The molecule has 7 heteroatoms. The maximum Gasteiger partial charge on any atom is 0.315 e. The minimum atomic E-state index is -1.01. The van der Waals surface area contributed by atoms with Gasteiger partial charge in [-0.15, -0.1) is 0 Å². The van der Waals surface area contributed by atoms with Crippen molar-refractivity contribution < 1.29 is 24.1 Å². The minimum absolute atomic E-state index is 0.133. The van der Waals surface area contributed by atoms with Crippen LogP contribution in [0.1, 0.15) is 61.8 Å². The number of piperidine rings is 1. The normalized spacial score (nSPS) is 15.0. The number of nitrogens with two attached hydrogens (primary N) is 1. The van der Waals surface area contributed by atoms with Crippen molar-refractivity contribution in [2.24, 2.45) is 11.7 Å². The van der Waals surface area contributed by atoms with E-state index in [9.17, 15) is 9.90 Å². The quantitative estimate of drug-likeness (QED) is 0.210. The third-order valence-electron chi connectivity index (χ3n) is 8.99. The first kappa shape index (κ1) is 34.4. The second-order valence-corrected chi connectivity index (χ2v) is 11.6. The molecule has 0 amide bonds. The highest BCUT2D eigenvalue weighted by atomic mass is 16.7. The molecule has 0 saturated carbocycles. The summed E-state index contributed by atoms with van der Waals surface area (Å²) in [6, 6.07) is 28.0. The Bertz CT molecular complexity index is 1200. The Balaban J connectivity index is 0.00000248. The summed E-state index contributed by atoms with van der Waals surface area (Å²) >= 11 is 0. The van der Waals surface area contributed by atoms with E-state index >= 15 is 0 Å². The molecule has 0 aromatic heterocycles. The molecule has 0 radical (unpaired) electrons. The Hall–Kier alpha value is -3.07. The topological polar surface area (TPSA) is 94.3 Å². The monoisotopic (exact) mass is 590 g/mol. The van der Waals surface area contributed by atoms with E-state index < -0.39 is 16.8 Å². The maximum absolute atomic E-state index is 12.2. The van der Waals surface area contributed by atoms with Crippen molar-refractivity contribution in [2.45, 2.75) is 56.3 Å². The molecule has 1 heterocycles. The number of hydrogen-bond donors (Lipinski definition) is 2. The van der Waals surface area contributed by atoms with Gasteiger partial charge in [0.15, 0.2) is 5.79 Å². The molecule has 4 rings (SSSR count). The predicted octanol–water partition coefficient (Wildman–Crippen LogP) is 5.59.